The highest BCUT2D eigenvalue weighted by Crippen LogP contribution is 2.21. The van der Waals surface area contributed by atoms with Crippen molar-refractivity contribution in [3.63, 3.8) is 0 Å². The van der Waals surface area contributed by atoms with Crippen LogP contribution < -0.4 is 19.5 Å². The molecule has 0 aliphatic rings. The summed E-state index contributed by atoms with van der Waals surface area (Å²) in [6.45, 7) is 6.14. The summed E-state index contributed by atoms with van der Waals surface area (Å²) in [7, 11) is -3.90. The number of furan rings is 1. The lowest BCUT2D eigenvalue weighted by Crippen LogP contribution is -2.16. The number of carbonyl (C=O) groups is 1. The van der Waals surface area contributed by atoms with E-state index in [2.05, 4.69) is 20.0 Å². The Balaban J connectivity index is 1.34. The molecule has 37 heavy (non-hydrogen) atoms. The molecule has 1 amide bonds. The number of nitrogens with one attached hydrogen (secondary N) is 2. The van der Waals surface area contributed by atoms with Crippen molar-refractivity contribution in [3.05, 3.63) is 89.6 Å². The van der Waals surface area contributed by atoms with Crippen LogP contribution >= 0.6 is 0 Å². The topological polar surface area (TPSA) is 133 Å². The fourth-order valence-corrected chi connectivity index (χ4v) is 4.34. The highest BCUT2D eigenvalue weighted by atomic mass is 32.2. The molecule has 0 saturated carbocycles. The Morgan fingerprint density at radius 1 is 0.892 bits per heavy atom. The van der Waals surface area contributed by atoms with Gasteiger partial charge in [-0.1, -0.05) is 0 Å². The van der Waals surface area contributed by atoms with E-state index in [-0.39, 0.29) is 23.2 Å². The SMILES string of the molecule is CCOc1ccc(OCc2ccc(C(=O)Nc3ccc(S(=O)(=O)Nc4nc(C)cc(C)n4)cc3)o2)cc1. The van der Waals surface area contributed by atoms with Crippen molar-refractivity contribution in [1.82, 2.24) is 9.97 Å². The van der Waals surface area contributed by atoms with Crippen LogP contribution in [-0.2, 0) is 16.6 Å². The van der Waals surface area contributed by atoms with E-state index < -0.39 is 15.9 Å². The lowest BCUT2D eigenvalue weighted by atomic mass is 10.3. The Kier molecular flexibility index (Phi) is 7.73. The zero-order valence-electron chi connectivity index (χ0n) is 20.5. The molecule has 0 bridgehead atoms. The van der Waals surface area contributed by atoms with Gasteiger partial charge in [-0.2, -0.15) is 0 Å². The molecule has 0 fully saturated rings. The maximum atomic E-state index is 12.7. The number of amides is 1. The maximum absolute atomic E-state index is 12.7. The second kappa shape index (κ2) is 11.1. The number of aromatic nitrogens is 2. The minimum absolute atomic E-state index is 0.0000175. The van der Waals surface area contributed by atoms with Crippen LogP contribution in [0.4, 0.5) is 11.6 Å². The first kappa shape index (κ1) is 25.7. The number of carbonyl (C=O) groups excluding carboxylic acids is 1. The van der Waals surface area contributed by atoms with Gasteiger partial charge in [0.15, 0.2) is 5.76 Å². The number of ether oxygens (including phenoxy) is 2. The van der Waals surface area contributed by atoms with E-state index in [1.807, 2.05) is 19.1 Å². The van der Waals surface area contributed by atoms with Crippen LogP contribution in [0, 0.1) is 13.8 Å². The van der Waals surface area contributed by atoms with Gasteiger partial charge < -0.3 is 19.2 Å². The quantitative estimate of drug-likeness (QED) is 0.306. The summed E-state index contributed by atoms with van der Waals surface area (Å²) in [5, 5.41) is 2.68. The van der Waals surface area contributed by atoms with Crippen molar-refractivity contribution < 1.29 is 27.1 Å². The predicted molar refractivity (Wildman–Crippen MR) is 137 cm³/mol. The number of nitrogens with zero attached hydrogens (tertiary/aromatic N) is 2. The number of hydrogen-bond acceptors (Lipinski definition) is 8. The van der Waals surface area contributed by atoms with Gasteiger partial charge in [-0.05, 0) is 87.5 Å². The Labute approximate surface area is 214 Å². The van der Waals surface area contributed by atoms with Crippen LogP contribution in [-0.4, -0.2) is 30.9 Å². The van der Waals surface area contributed by atoms with Gasteiger partial charge in [0.25, 0.3) is 15.9 Å². The van der Waals surface area contributed by atoms with E-state index in [4.69, 9.17) is 13.9 Å². The minimum atomic E-state index is -3.90. The summed E-state index contributed by atoms with van der Waals surface area (Å²) in [6.07, 6.45) is 0. The summed E-state index contributed by atoms with van der Waals surface area (Å²) in [6, 6.07) is 17.8. The van der Waals surface area contributed by atoms with Crippen LogP contribution in [0.15, 0.2) is 76.0 Å². The van der Waals surface area contributed by atoms with Gasteiger partial charge in [-0.25, -0.2) is 23.1 Å². The largest absolute Gasteiger partial charge is 0.494 e. The standard InChI is InChI=1S/C26H26N4O6S/c1-4-34-20-7-9-21(10-8-20)35-16-22-11-14-24(36-22)25(31)29-19-5-12-23(13-6-19)37(32,33)30-26-27-17(2)15-18(3)28-26/h5-15H,4,16H2,1-3H3,(H,29,31)(H,27,28,30). The predicted octanol–water partition coefficient (Wildman–Crippen LogP) is 4.72. The molecule has 2 N–H and O–H groups in total. The maximum Gasteiger partial charge on any atom is 0.291 e. The molecule has 2 heterocycles. The van der Waals surface area contributed by atoms with Gasteiger partial charge in [0.05, 0.1) is 11.5 Å². The normalized spacial score (nSPS) is 11.1. The molecule has 0 unspecified atom stereocenters. The number of rotatable bonds is 10. The Morgan fingerprint density at radius 2 is 1.51 bits per heavy atom. The van der Waals surface area contributed by atoms with E-state index in [1.165, 1.54) is 24.3 Å². The van der Waals surface area contributed by atoms with Crippen molar-refractivity contribution in [2.75, 3.05) is 16.6 Å². The summed E-state index contributed by atoms with van der Waals surface area (Å²) in [4.78, 5) is 20.8. The van der Waals surface area contributed by atoms with E-state index in [0.717, 1.165) is 5.75 Å². The van der Waals surface area contributed by atoms with Crippen molar-refractivity contribution >= 4 is 27.6 Å². The van der Waals surface area contributed by atoms with Crippen LogP contribution in [0.3, 0.4) is 0 Å². The molecule has 2 aromatic carbocycles. The van der Waals surface area contributed by atoms with Crippen molar-refractivity contribution in [2.24, 2.45) is 0 Å². The molecule has 4 aromatic rings. The fraction of sp³-hybridized carbons (Fsp3) is 0.192. The van der Waals surface area contributed by atoms with Crippen molar-refractivity contribution in [1.29, 1.82) is 0 Å². The third-order valence-corrected chi connectivity index (χ3v) is 6.38. The second-order valence-electron chi connectivity index (χ2n) is 8.02. The molecule has 2 aromatic heterocycles. The van der Waals surface area contributed by atoms with E-state index >= 15 is 0 Å². The molecule has 0 spiro atoms. The average Bonchev–Trinajstić information content (AvgIpc) is 3.33. The summed E-state index contributed by atoms with van der Waals surface area (Å²) >= 11 is 0. The van der Waals surface area contributed by atoms with Gasteiger partial charge >= 0.3 is 0 Å². The second-order valence-corrected chi connectivity index (χ2v) is 9.70. The highest BCUT2D eigenvalue weighted by Gasteiger charge is 2.17. The van der Waals surface area contributed by atoms with Crippen LogP contribution in [0.5, 0.6) is 11.5 Å². The summed E-state index contributed by atoms with van der Waals surface area (Å²) in [5.41, 5.74) is 1.69. The van der Waals surface area contributed by atoms with E-state index in [9.17, 15) is 13.2 Å². The average molecular weight is 523 g/mol. The number of hydrogen-bond donors (Lipinski definition) is 2. The molecule has 10 nitrogen and oxygen atoms in total. The lowest BCUT2D eigenvalue weighted by Gasteiger charge is -2.09. The number of anilines is 2. The molecular weight excluding hydrogens is 496 g/mol. The van der Waals surface area contributed by atoms with Crippen molar-refractivity contribution in [2.45, 2.75) is 32.3 Å². The lowest BCUT2D eigenvalue weighted by molar-refractivity contribution is 0.0992. The van der Waals surface area contributed by atoms with Gasteiger partial charge in [-0.15, -0.1) is 0 Å². The third kappa shape index (κ3) is 6.85. The zero-order chi connectivity index (χ0) is 26.4. The van der Waals surface area contributed by atoms with Crippen LogP contribution in [0.1, 0.15) is 34.6 Å². The number of sulfonamides is 1. The Morgan fingerprint density at radius 3 is 2.14 bits per heavy atom. The first-order chi connectivity index (χ1) is 17.7. The van der Waals surface area contributed by atoms with Gasteiger partial charge in [0.2, 0.25) is 5.95 Å². The fourth-order valence-electron chi connectivity index (χ4n) is 3.39. The summed E-state index contributed by atoms with van der Waals surface area (Å²) < 4.78 is 44.4. The van der Waals surface area contributed by atoms with Crippen LogP contribution in [0.25, 0.3) is 0 Å². The molecular formula is C26H26N4O6S. The molecule has 0 aliphatic heterocycles. The van der Waals surface area contributed by atoms with Crippen molar-refractivity contribution in [3.8, 4) is 11.5 Å². The van der Waals surface area contributed by atoms with E-state index in [0.29, 0.717) is 35.2 Å². The molecule has 192 valence electrons. The number of aryl methyl sites for hydroxylation is 2. The first-order valence-corrected chi connectivity index (χ1v) is 12.9. The van der Waals surface area contributed by atoms with Crippen LogP contribution in [0.2, 0.25) is 0 Å². The third-order valence-electron chi connectivity index (χ3n) is 5.03. The Bertz CT molecular complexity index is 1460. The zero-order valence-corrected chi connectivity index (χ0v) is 21.3. The number of benzene rings is 2. The molecule has 0 radical (unpaired) electrons. The molecule has 0 aliphatic carbocycles. The monoisotopic (exact) mass is 522 g/mol. The highest BCUT2D eigenvalue weighted by molar-refractivity contribution is 7.92. The first-order valence-electron chi connectivity index (χ1n) is 11.4. The molecule has 0 saturated heterocycles. The van der Waals surface area contributed by atoms with Gasteiger partial charge in [0, 0.05) is 17.1 Å². The van der Waals surface area contributed by atoms with E-state index in [1.54, 1.807) is 44.2 Å². The molecule has 0 atom stereocenters. The Hall–Kier alpha value is -4.38. The van der Waals surface area contributed by atoms with Gasteiger partial charge in [-0.3, -0.25) is 4.79 Å². The van der Waals surface area contributed by atoms with Gasteiger partial charge in [0.1, 0.15) is 23.9 Å². The molecule has 4 rings (SSSR count). The smallest absolute Gasteiger partial charge is 0.291 e. The molecule has 11 heteroatoms. The minimum Gasteiger partial charge on any atom is -0.494 e. The summed E-state index contributed by atoms with van der Waals surface area (Å²) in [5.74, 6) is 1.47.